The summed E-state index contributed by atoms with van der Waals surface area (Å²) >= 11 is 0. The van der Waals surface area contributed by atoms with E-state index in [1.54, 1.807) is 18.2 Å². The molecule has 4 aliphatic heterocycles. The van der Waals surface area contributed by atoms with E-state index in [0.717, 1.165) is 72.7 Å². The second-order valence-corrected chi connectivity index (χ2v) is 16.7. The summed E-state index contributed by atoms with van der Waals surface area (Å²) < 4.78 is 12.4. The Bertz CT molecular complexity index is 2200. The van der Waals surface area contributed by atoms with Crippen LogP contribution in [0.1, 0.15) is 89.9 Å². The topological polar surface area (TPSA) is 155 Å². The molecule has 5 heterocycles. The Balaban J connectivity index is 0.743. The van der Waals surface area contributed by atoms with Crippen LogP contribution in [-0.2, 0) is 21.6 Å². The fourth-order valence-electron chi connectivity index (χ4n) is 8.81. The number of piperidine rings is 2. The van der Waals surface area contributed by atoms with Crippen LogP contribution in [0.5, 0.6) is 11.5 Å². The van der Waals surface area contributed by atoms with Crippen molar-refractivity contribution < 1.29 is 28.7 Å². The summed E-state index contributed by atoms with van der Waals surface area (Å²) in [5.74, 6) is 0.344. The highest BCUT2D eigenvalue weighted by atomic mass is 16.5. The number of carbonyl (C=O) groups excluding carboxylic acids is 4. The lowest BCUT2D eigenvalue weighted by Crippen LogP contribution is -2.60. The molecule has 5 aliphatic rings. The molecule has 4 aromatic rings. The number of imide groups is 2. The first-order valence-corrected chi connectivity index (χ1v) is 19.9. The molecule has 3 saturated heterocycles. The van der Waals surface area contributed by atoms with Crippen LogP contribution in [-0.4, -0.2) is 82.9 Å². The molecule has 4 fully saturated rings. The van der Waals surface area contributed by atoms with Crippen LogP contribution >= 0.6 is 0 Å². The average Bonchev–Trinajstić information content (AvgIpc) is 3.44. The van der Waals surface area contributed by atoms with Gasteiger partial charge < -0.3 is 25.0 Å². The van der Waals surface area contributed by atoms with Crippen molar-refractivity contribution >= 4 is 35.3 Å². The maximum absolute atomic E-state index is 13.2. The molecule has 13 nitrogen and oxygen atoms in total. The highest BCUT2D eigenvalue weighted by molar-refractivity contribution is 6.23. The summed E-state index contributed by atoms with van der Waals surface area (Å²) in [6.45, 7) is 9.04. The summed E-state index contributed by atoms with van der Waals surface area (Å²) in [6.07, 6.45) is 6.08. The fourth-order valence-corrected chi connectivity index (χ4v) is 8.81. The van der Waals surface area contributed by atoms with Crippen LogP contribution in [0.25, 0.3) is 0 Å². The summed E-state index contributed by atoms with van der Waals surface area (Å²) in [5.41, 5.74) is 4.63. The summed E-state index contributed by atoms with van der Waals surface area (Å²) in [4.78, 5) is 62.8. The number of rotatable bonds is 11. The van der Waals surface area contributed by atoms with Crippen molar-refractivity contribution in [3.8, 4) is 11.5 Å². The van der Waals surface area contributed by atoms with Crippen molar-refractivity contribution in [2.75, 3.05) is 36.4 Å². The van der Waals surface area contributed by atoms with Crippen LogP contribution in [0, 0.1) is 5.41 Å². The van der Waals surface area contributed by atoms with Crippen LogP contribution in [0.4, 0.5) is 11.6 Å². The second-order valence-electron chi connectivity index (χ2n) is 16.7. The number of hydrogen-bond donors (Lipinski definition) is 3. The molecular weight excluding hydrogens is 723 g/mol. The molecule has 13 heteroatoms. The number of carbonyl (C=O) groups is 4. The van der Waals surface area contributed by atoms with Gasteiger partial charge in [-0.1, -0.05) is 38.1 Å². The Morgan fingerprint density at radius 3 is 2.25 bits per heavy atom. The van der Waals surface area contributed by atoms with E-state index in [1.165, 1.54) is 24.0 Å². The molecule has 1 spiro atoms. The first-order chi connectivity index (χ1) is 27.5. The average molecular weight is 770 g/mol. The van der Waals surface area contributed by atoms with Gasteiger partial charge in [-0.15, -0.1) is 0 Å². The Kier molecular flexibility index (Phi) is 9.42. The van der Waals surface area contributed by atoms with Gasteiger partial charge in [0.25, 0.3) is 11.8 Å². The van der Waals surface area contributed by atoms with Gasteiger partial charge in [-0.05, 0) is 92.0 Å². The number of fused-ring (bicyclic) bond motifs is 1. The molecule has 294 valence electrons. The van der Waals surface area contributed by atoms with E-state index in [0.29, 0.717) is 12.0 Å². The Hall–Kier alpha value is -5.82. The molecule has 1 aliphatic carbocycles. The molecule has 9 rings (SSSR count). The van der Waals surface area contributed by atoms with Gasteiger partial charge >= 0.3 is 0 Å². The van der Waals surface area contributed by atoms with E-state index in [2.05, 4.69) is 63.9 Å². The van der Waals surface area contributed by atoms with Crippen LogP contribution in [0.2, 0.25) is 0 Å². The molecule has 0 bridgehead atoms. The third kappa shape index (κ3) is 7.20. The van der Waals surface area contributed by atoms with Gasteiger partial charge in [-0.25, -0.2) is 9.97 Å². The fraction of sp³-hybridized carbons (Fsp3) is 0.409. The lowest BCUT2D eigenvalue weighted by molar-refractivity contribution is -0.136. The third-order valence-electron chi connectivity index (χ3n) is 12.4. The molecule has 3 aromatic carbocycles. The van der Waals surface area contributed by atoms with E-state index in [9.17, 15) is 19.2 Å². The Morgan fingerprint density at radius 1 is 0.860 bits per heavy atom. The summed E-state index contributed by atoms with van der Waals surface area (Å²) in [7, 11) is 0. The maximum Gasteiger partial charge on any atom is 0.262 e. The maximum atomic E-state index is 13.2. The lowest BCUT2D eigenvalue weighted by atomic mass is 9.72. The van der Waals surface area contributed by atoms with Gasteiger partial charge in [-0.2, -0.15) is 0 Å². The van der Waals surface area contributed by atoms with E-state index in [4.69, 9.17) is 14.5 Å². The van der Waals surface area contributed by atoms with Crippen molar-refractivity contribution in [1.29, 1.82) is 0 Å². The standard InChI is InChI=1S/C44H47N7O6/c1-43(2,27-3-8-32(9-4-27)56-24-30-15-18-46-42(48-30)50-25-44(26-50)16-19-45-20-17-44)28-5-10-33(11-6-28)57-34-21-31(22-34)47-29-7-12-35-36(23-29)41(55)51(40(35)54)37-13-14-38(52)49-39(37)53/h3-12,15,18,23,31,34,37,45,47H,13-14,16-17,19-22,24-26H2,1-2H3,(H,49,52,53). The predicted octanol–water partition coefficient (Wildman–Crippen LogP) is 4.99. The lowest BCUT2D eigenvalue weighted by Gasteiger charge is -2.52. The van der Waals surface area contributed by atoms with E-state index >= 15 is 0 Å². The quantitative estimate of drug-likeness (QED) is 0.177. The molecule has 1 saturated carbocycles. The largest absolute Gasteiger partial charge is 0.490 e. The van der Waals surface area contributed by atoms with Crippen molar-refractivity contribution in [2.24, 2.45) is 5.41 Å². The van der Waals surface area contributed by atoms with Gasteiger partial charge in [-0.3, -0.25) is 29.4 Å². The number of aromatic nitrogens is 2. The summed E-state index contributed by atoms with van der Waals surface area (Å²) in [6, 6.07) is 22.7. The Morgan fingerprint density at radius 2 is 1.54 bits per heavy atom. The molecule has 57 heavy (non-hydrogen) atoms. The molecule has 3 N–H and O–H groups in total. The zero-order valence-corrected chi connectivity index (χ0v) is 32.3. The van der Waals surface area contributed by atoms with Crippen molar-refractivity contribution in [2.45, 2.75) is 82.6 Å². The van der Waals surface area contributed by atoms with Crippen molar-refractivity contribution in [3.05, 3.63) is 107 Å². The molecule has 1 atom stereocenters. The minimum atomic E-state index is -0.985. The highest BCUT2D eigenvalue weighted by Crippen LogP contribution is 2.40. The van der Waals surface area contributed by atoms with Crippen molar-refractivity contribution in [3.63, 3.8) is 0 Å². The summed E-state index contributed by atoms with van der Waals surface area (Å²) in [5, 5.41) is 9.14. The number of nitrogens with zero attached hydrogens (tertiary/aromatic N) is 4. The third-order valence-corrected chi connectivity index (χ3v) is 12.4. The molecule has 1 unspecified atom stereocenters. The Labute approximate surface area is 331 Å². The van der Waals surface area contributed by atoms with E-state index in [-0.39, 0.29) is 41.5 Å². The minimum absolute atomic E-state index is 0.0469. The van der Waals surface area contributed by atoms with Gasteiger partial charge in [0.05, 0.1) is 16.8 Å². The van der Waals surface area contributed by atoms with Crippen LogP contribution in [0.3, 0.4) is 0 Å². The SMILES string of the molecule is CC(C)(c1ccc(OCc2ccnc(N3CC4(CCNCC4)C3)n2)cc1)c1ccc(OC2CC(Nc3ccc4c(c3)C(=O)N(C3CCC(=O)NC3=O)C4=O)C2)cc1. The van der Waals surface area contributed by atoms with Gasteiger partial charge in [0, 0.05) is 61.1 Å². The number of amides is 4. The predicted molar refractivity (Wildman–Crippen MR) is 212 cm³/mol. The van der Waals surface area contributed by atoms with Gasteiger partial charge in [0.1, 0.15) is 30.3 Å². The minimum Gasteiger partial charge on any atom is -0.490 e. The van der Waals surface area contributed by atoms with Gasteiger partial charge in [0.2, 0.25) is 17.8 Å². The monoisotopic (exact) mass is 769 g/mol. The molecular formula is C44H47N7O6. The van der Waals surface area contributed by atoms with E-state index < -0.39 is 29.7 Å². The van der Waals surface area contributed by atoms with Crippen molar-refractivity contribution in [1.82, 2.24) is 25.5 Å². The van der Waals surface area contributed by atoms with Crippen LogP contribution in [0.15, 0.2) is 79.0 Å². The zero-order chi connectivity index (χ0) is 39.3. The molecule has 0 radical (unpaired) electrons. The second kappa shape index (κ2) is 14.6. The molecule has 4 amide bonds. The van der Waals surface area contributed by atoms with Crippen LogP contribution < -0.4 is 30.3 Å². The number of ether oxygens (including phenoxy) is 2. The highest BCUT2D eigenvalue weighted by Gasteiger charge is 2.46. The van der Waals surface area contributed by atoms with Gasteiger partial charge in [0.15, 0.2) is 0 Å². The first kappa shape index (κ1) is 36.8. The first-order valence-electron chi connectivity index (χ1n) is 19.9. The number of anilines is 2. The zero-order valence-electron chi connectivity index (χ0n) is 32.3. The number of nitrogens with one attached hydrogen (secondary N) is 3. The smallest absolute Gasteiger partial charge is 0.262 e. The normalized spacial score (nSPS) is 22.7. The molecule has 1 aromatic heterocycles. The van der Waals surface area contributed by atoms with E-state index in [1.807, 2.05) is 36.5 Å². The number of benzene rings is 3. The number of hydrogen-bond acceptors (Lipinski definition) is 11.